The van der Waals surface area contributed by atoms with Gasteiger partial charge in [0, 0.05) is 51.5 Å². The number of halogens is 2. The molecule has 2 aliphatic rings. The van der Waals surface area contributed by atoms with Gasteiger partial charge in [-0.2, -0.15) is 0 Å². The first-order valence-corrected chi connectivity index (χ1v) is 6.04. The van der Waals surface area contributed by atoms with Crippen LogP contribution in [0.2, 0.25) is 0 Å². The maximum atomic E-state index is 4.40. The average Bonchev–Trinajstić information content (AvgIpc) is 2.29. The normalized spacial score (nSPS) is 20.6. The van der Waals surface area contributed by atoms with Gasteiger partial charge in [0.2, 0.25) is 0 Å². The lowest BCUT2D eigenvalue weighted by atomic mass is 10.1. The number of nitrogens with zero attached hydrogens (tertiary/aromatic N) is 3. The van der Waals surface area contributed by atoms with E-state index in [0.717, 1.165) is 24.9 Å². The Bertz CT molecular complexity index is 337. The summed E-state index contributed by atoms with van der Waals surface area (Å²) in [4.78, 5) is 9.37. The number of hydrogen-bond donors (Lipinski definition) is 1. The standard InChI is InChI=1S/C12H18N4.2ClH/c1-2-4-14-12(3-1)16-7-5-15(6-8-16)11-9-13-10-11;;/h1-4,11,13H,5-10H2;2*1H. The van der Waals surface area contributed by atoms with Gasteiger partial charge in [-0.05, 0) is 12.1 Å². The predicted octanol–water partition coefficient (Wildman–Crippen LogP) is 1.02. The highest BCUT2D eigenvalue weighted by atomic mass is 35.5. The third-order valence-electron chi connectivity index (χ3n) is 3.56. The Morgan fingerprint density at radius 2 is 1.78 bits per heavy atom. The van der Waals surface area contributed by atoms with Crippen molar-refractivity contribution in [1.82, 2.24) is 15.2 Å². The fourth-order valence-electron chi connectivity index (χ4n) is 2.39. The molecule has 0 radical (unpaired) electrons. The van der Waals surface area contributed by atoms with Gasteiger partial charge in [0.25, 0.3) is 0 Å². The summed E-state index contributed by atoms with van der Waals surface area (Å²) in [6.07, 6.45) is 1.87. The molecule has 0 spiro atoms. The highest BCUT2D eigenvalue weighted by Crippen LogP contribution is 2.15. The summed E-state index contributed by atoms with van der Waals surface area (Å²) in [6, 6.07) is 6.91. The number of rotatable bonds is 2. The number of piperazine rings is 1. The van der Waals surface area contributed by atoms with Crippen molar-refractivity contribution in [3.8, 4) is 0 Å². The molecule has 2 fully saturated rings. The molecule has 0 aliphatic carbocycles. The van der Waals surface area contributed by atoms with Crippen molar-refractivity contribution in [1.29, 1.82) is 0 Å². The van der Waals surface area contributed by atoms with Crippen molar-refractivity contribution < 1.29 is 0 Å². The van der Waals surface area contributed by atoms with Crippen molar-refractivity contribution in [3.63, 3.8) is 0 Å². The Hall–Kier alpha value is -0.550. The van der Waals surface area contributed by atoms with Gasteiger partial charge in [-0.3, -0.25) is 4.90 Å². The van der Waals surface area contributed by atoms with E-state index in [9.17, 15) is 0 Å². The molecule has 102 valence electrons. The molecule has 0 atom stereocenters. The number of pyridine rings is 1. The van der Waals surface area contributed by atoms with Crippen molar-refractivity contribution >= 4 is 30.6 Å². The molecule has 1 N–H and O–H groups in total. The third kappa shape index (κ3) is 3.26. The van der Waals surface area contributed by atoms with Crippen molar-refractivity contribution in [2.45, 2.75) is 6.04 Å². The van der Waals surface area contributed by atoms with Crippen LogP contribution in [-0.2, 0) is 0 Å². The Balaban J connectivity index is 0.000000810. The molecule has 2 saturated heterocycles. The van der Waals surface area contributed by atoms with Gasteiger partial charge in [-0.15, -0.1) is 24.8 Å². The molecule has 1 aromatic heterocycles. The molecule has 3 heterocycles. The first kappa shape index (κ1) is 15.5. The summed E-state index contributed by atoms with van der Waals surface area (Å²) in [5, 5.41) is 3.33. The summed E-state index contributed by atoms with van der Waals surface area (Å²) in [6.45, 7) is 6.89. The quantitative estimate of drug-likeness (QED) is 0.881. The van der Waals surface area contributed by atoms with Gasteiger partial charge in [0.05, 0.1) is 0 Å². The maximum Gasteiger partial charge on any atom is 0.128 e. The summed E-state index contributed by atoms with van der Waals surface area (Å²) >= 11 is 0. The van der Waals surface area contributed by atoms with Gasteiger partial charge in [-0.25, -0.2) is 4.98 Å². The fourth-order valence-corrected chi connectivity index (χ4v) is 2.39. The number of nitrogens with one attached hydrogen (secondary N) is 1. The van der Waals surface area contributed by atoms with E-state index in [1.807, 2.05) is 12.3 Å². The Kier molecular flexibility index (Phi) is 6.15. The topological polar surface area (TPSA) is 31.4 Å². The van der Waals surface area contributed by atoms with Gasteiger partial charge in [-0.1, -0.05) is 6.07 Å². The Labute approximate surface area is 121 Å². The van der Waals surface area contributed by atoms with Crippen molar-refractivity contribution in [2.24, 2.45) is 0 Å². The second-order valence-corrected chi connectivity index (χ2v) is 4.52. The molecular formula is C12H20Cl2N4. The lowest BCUT2D eigenvalue weighted by molar-refractivity contribution is 0.137. The fraction of sp³-hybridized carbons (Fsp3) is 0.583. The minimum atomic E-state index is 0. The monoisotopic (exact) mass is 290 g/mol. The predicted molar refractivity (Wildman–Crippen MR) is 79.2 cm³/mol. The van der Waals surface area contributed by atoms with Crippen LogP contribution in [0.25, 0.3) is 0 Å². The van der Waals surface area contributed by atoms with Gasteiger partial charge in [0.1, 0.15) is 5.82 Å². The van der Waals surface area contributed by atoms with Crippen LogP contribution in [-0.4, -0.2) is 55.2 Å². The minimum absolute atomic E-state index is 0. The number of anilines is 1. The van der Waals surface area contributed by atoms with Gasteiger partial charge in [0.15, 0.2) is 0 Å². The van der Waals surface area contributed by atoms with Crippen LogP contribution < -0.4 is 10.2 Å². The zero-order valence-electron chi connectivity index (χ0n) is 10.3. The minimum Gasteiger partial charge on any atom is -0.354 e. The second-order valence-electron chi connectivity index (χ2n) is 4.52. The summed E-state index contributed by atoms with van der Waals surface area (Å²) in [5.41, 5.74) is 0. The van der Waals surface area contributed by atoms with E-state index in [-0.39, 0.29) is 24.8 Å². The van der Waals surface area contributed by atoms with Crippen LogP contribution in [0, 0.1) is 0 Å². The average molecular weight is 291 g/mol. The molecule has 0 amide bonds. The van der Waals surface area contributed by atoms with Crippen molar-refractivity contribution in [3.05, 3.63) is 24.4 Å². The van der Waals surface area contributed by atoms with E-state index in [2.05, 4.69) is 32.2 Å². The van der Waals surface area contributed by atoms with Crippen LogP contribution in [0.3, 0.4) is 0 Å². The van der Waals surface area contributed by atoms with Gasteiger partial charge < -0.3 is 10.2 Å². The van der Waals surface area contributed by atoms with E-state index >= 15 is 0 Å². The molecule has 4 nitrogen and oxygen atoms in total. The molecule has 18 heavy (non-hydrogen) atoms. The van der Waals surface area contributed by atoms with E-state index in [1.54, 1.807) is 0 Å². The summed E-state index contributed by atoms with van der Waals surface area (Å²) in [7, 11) is 0. The largest absolute Gasteiger partial charge is 0.354 e. The second kappa shape index (κ2) is 7.14. The zero-order valence-corrected chi connectivity index (χ0v) is 11.9. The van der Waals surface area contributed by atoms with E-state index in [0.29, 0.717) is 0 Å². The lowest BCUT2D eigenvalue weighted by Gasteiger charge is -2.43. The third-order valence-corrected chi connectivity index (χ3v) is 3.56. The molecule has 1 aromatic rings. The van der Waals surface area contributed by atoms with Crippen molar-refractivity contribution in [2.75, 3.05) is 44.2 Å². The van der Waals surface area contributed by atoms with Crippen LogP contribution in [0.1, 0.15) is 0 Å². The van der Waals surface area contributed by atoms with E-state index < -0.39 is 0 Å². The van der Waals surface area contributed by atoms with Gasteiger partial charge >= 0.3 is 0 Å². The first-order valence-electron chi connectivity index (χ1n) is 6.04. The molecule has 0 saturated carbocycles. The SMILES string of the molecule is Cl.Cl.c1ccc(N2CCN(C3CNC3)CC2)nc1. The molecular weight excluding hydrogens is 271 g/mol. The first-order chi connectivity index (χ1) is 7.93. The van der Waals surface area contributed by atoms with Crippen LogP contribution >= 0.6 is 24.8 Å². The Morgan fingerprint density at radius 1 is 1.06 bits per heavy atom. The maximum absolute atomic E-state index is 4.40. The molecule has 2 aliphatic heterocycles. The molecule has 0 aromatic carbocycles. The molecule has 0 unspecified atom stereocenters. The number of hydrogen-bond acceptors (Lipinski definition) is 4. The highest BCUT2D eigenvalue weighted by Gasteiger charge is 2.27. The smallest absolute Gasteiger partial charge is 0.128 e. The van der Waals surface area contributed by atoms with E-state index in [1.165, 1.54) is 26.2 Å². The molecule has 0 bridgehead atoms. The lowest BCUT2D eigenvalue weighted by Crippen LogP contribution is -2.61. The summed E-state index contributed by atoms with van der Waals surface area (Å²) in [5.74, 6) is 1.12. The number of aromatic nitrogens is 1. The summed E-state index contributed by atoms with van der Waals surface area (Å²) < 4.78 is 0. The Morgan fingerprint density at radius 3 is 2.28 bits per heavy atom. The molecule has 3 rings (SSSR count). The van der Waals surface area contributed by atoms with Crippen LogP contribution in [0.5, 0.6) is 0 Å². The highest BCUT2D eigenvalue weighted by molar-refractivity contribution is 5.85. The van der Waals surface area contributed by atoms with E-state index in [4.69, 9.17) is 0 Å². The molecule has 6 heteroatoms. The zero-order chi connectivity index (χ0) is 10.8. The van der Waals surface area contributed by atoms with Crippen LogP contribution in [0.4, 0.5) is 5.82 Å². The van der Waals surface area contributed by atoms with Crippen LogP contribution in [0.15, 0.2) is 24.4 Å².